The molecule has 1 fully saturated rings. The molecule has 0 saturated carbocycles. The molecule has 1 aliphatic heterocycles. The molecule has 24 heavy (non-hydrogen) atoms. The van der Waals surface area contributed by atoms with Crippen LogP contribution in [0.15, 0.2) is 12.2 Å². The lowest BCUT2D eigenvalue weighted by Crippen LogP contribution is -2.56. The summed E-state index contributed by atoms with van der Waals surface area (Å²) >= 11 is 16.5. The van der Waals surface area contributed by atoms with Gasteiger partial charge in [0.05, 0.1) is 12.6 Å². The fourth-order valence-electron chi connectivity index (χ4n) is 1.87. The van der Waals surface area contributed by atoms with Crippen LogP contribution in [-0.4, -0.2) is 57.7 Å². The van der Waals surface area contributed by atoms with Crippen LogP contribution >= 0.6 is 34.8 Å². The maximum absolute atomic E-state index is 12.5. The van der Waals surface area contributed by atoms with Crippen molar-refractivity contribution < 1.29 is 23.9 Å². The number of hydrazine groups is 1. The molecule has 1 aliphatic rings. The SMILES string of the molecule is C/C=C/C(CC)N(NC(=O)OCC(Cl)(Cl)Cl)C(=O)N1CCOC1=O. The summed E-state index contributed by atoms with van der Waals surface area (Å²) < 4.78 is 7.70. The number of ether oxygens (including phenoxy) is 2. The number of allylic oxidation sites excluding steroid dienone is 1. The first-order valence-corrected chi connectivity index (χ1v) is 8.23. The standard InChI is InChI=1S/C13H18Cl3N3O5/c1-3-5-9(4-2)19(11(21)18-6-7-23-12(18)22)17-10(20)24-8-13(14,15)16/h3,5,9H,4,6-8H2,1-2H3,(H,17,20)/b5-3+. The molecule has 0 aromatic heterocycles. The van der Waals surface area contributed by atoms with Crippen molar-refractivity contribution in [1.82, 2.24) is 15.3 Å². The van der Waals surface area contributed by atoms with Gasteiger partial charge in [0.15, 0.2) is 0 Å². The molecule has 0 aromatic carbocycles. The van der Waals surface area contributed by atoms with Gasteiger partial charge in [-0.1, -0.05) is 53.9 Å². The number of carbonyl (C=O) groups is 3. The maximum atomic E-state index is 12.5. The Morgan fingerprint density at radius 1 is 1.50 bits per heavy atom. The Morgan fingerprint density at radius 3 is 2.62 bits per heavy atom. The summed E-state index contributed by atoms with van der Waals surface area (Å²) in [6, 6.07) is -1.25. The highest BCUT2D eigenvalue weighted by molar-refractivity contribution is 6.67. The zero-order chi connectivity index (χ0) is 18.3. The lowest BCUT2D eigenvalue weighted by atomic mass is 10.2. The van der Waals surface area contributed by atoms with Gasteiger partial charge < -0.3 is 9.47 Å². The van der Waals surface area contributed by atoms with Crippen molar-refractivity contribution >= 4 is 53.0 Å². The molecule has 0 spiro atoms. The van der Waals surface area contributed by atoms with E-state index in [1.165, 1.54) is 0 Å². The van der Waals surface area contributed by atoms with E-state index in [1.54, 1.807) is 19.1 Å². The Balaban J connectivity index is 2.86. The number of halogens is 3. The van der Waals surface area contributed by atoms with Gasteiger partial charge in [-0.2, -0.15) is 0 Å². The maximum Gasteiger partial charge on any atom is 0.426 e. The van der Waals surface area contributed by atoms with Crippen LogP contribution in [0.25, 0.3) is 0 Å². The Kier molecular flexibility index (Phi) is 7.92. The second-order valence-electron chi connectivity index (χ2n) is 4.72. The first-order valence-electron chi connectivity index (χ1n) is 7.10. The van der Waals surface area contributed by atoms with Crippen LogP contribution in [0.3, 0.4) is 0 Å². The summed E-state index contributed by atoms with van der Waals surface area (Å²) in [5.41, 5.74) is 2.27. The van der Waals surface area contributed by atoms with E-state index in [0.717, 1.165) is 9.91 Å². The fraction of sp³-hybridized carbons (Fsp3) is 0.615. The molecule has 1 heterocycles. The highest BCUT2D eigenvalue weighted by Gasteiger charge is 2.35. The minimum absolute atomic E-state index is 0.0886. The Hall–Kier alpha value is -1.38. The predicted octanol–water partition coefficient (Wildman–Crippen LogP) is 3.23. The van der Waals surface area contributed by atoms with Gasteiger partial charge in [-0.15, -0.1) is 0 Å². The average Bonchev–Trinajstić information content (AvgIpc) is 2.93. The van der Waals surface area contributed by atoms with Gasteiger partial charge in [-0.25, -0.2) is 29.7 Å². The molecule has 0 bridgehead atoms. The largest absolute Gasteiger partial charge is 0.447 e. The zero-order valence-corrected chi connectivity index (χ0v) is 15.4. The second kappa shape index (κ2) is 9.19. The highest BCUT2D eigenvalue weighted by atomic mass is 35.6. The van der Waals surface area contributed by atoms with Crippen molar-refractivity contribution in [2.24, 2.45) is 0 Å². The normalized spacial score (nSPS) is 16.0. The number of nitrogens with zero attached hydrogens (tertiary/aromatic N) is 2. The second-order valence-corrected chi connectivity index (χ2v) is 7.24. The van der Waals surface area contributed by atoms with Crippen molar-refractivity contribution in [2.45, 2.75) is 30.1 Å². The predicted molar refractivity (Wildman–Crippen MR) is 89.0 cm³/mol. The van der Waals surface area contributed by atoms with Crippen LogP contribution in [0, 0.1) is 0 Å². The summed E-state index contributed by atoms with van der Waals surface area (Å²) in [5.74, 6) is 0. The summed E-state index contributed by atoms with van der Waals surface area (Å²) in [6.07, 6.45) is 2.10. The number of nitrogens with one attached hydrogen (secondary N) is 1. The van der Waals surface area contributed by atoms with Crippen molar-refractivity contribution in [3.05, 3.63) is 12.2 Å². The van der Waals surface area contributed by atoms with Gasteiger partial charge >= 0.3 is 18.2 Å². The molecule has 1 unspecified atom stereocenters. The monoisotopic (exact) mass is 401 g/mol. The van der Waals surface area contributed by atoms with Gasteiger partial charge in [-0.3, -0.25) is 0 Å². The molecule has 4 amide bonds. The number of urea groups is 1. The molecule has 1 N–H and O–H groups in total. The average molecular weight is 403 g/mol. The molecule has 1 rings (SSSR count). The van der Waals surface area contributed by atoms with E-state index < -0.39 is 34.7 Å². The zero-order valence-electron chi connectivity index (χ0n) is 13.1. The van der Waals surface area contributed by atoms with E-state index in [2.05, 4.69) is 5.43 Å². The fourth-order valence-corrected chi connectivity index (χ4v) is 2.04. The van der Waals surface area contributed by atoms with Crippen molar-refractivity contribution in [3.8, 4) is 0 Å². The molecular weight excluding hydrogens is 385 g/mol. The molecule has 0 aliphatic carbocycles. The minimum Gasteiger partial charge on any atom is -0.447 e. The van der Waals surface area contributed by atoms with Crippen LogP contribution in [0.1, 0.15) is 20.3 Å². The van der Waals surface area contributed by atoms with Gasteiger partial charge in [0.25, 0.3) is 0 Å². The number of hydrogen-bond acceptors (Lipinski definition) is 5. The van der Waals surface area contributed by atoms with Crippen LogP contribution in [0.5, 0.6) is 0 Å². The molecule has 0 aromatic rings. The van der Waals surface area contributed by atoms with E-state index >= 15 is 0 Å². The van der Waals surface area contributed by atoms with Gasteiger partial charge in [0, 0.05) is 0 Å². The Morgan fingerprint density at radius 2 is 2.17 bits per heavy atom. The quantitative estimate of drug-likeness (QED) is 0.443. The molecule has 1 atom stereocenters. The lowest BCUT2D eigenvalue weighted by Gasteiger charge is -2.31. The lowest BCUT2D eigenvalue weighted by molar-refractivity contribution is 0.0914. The summed E-state index contributed by atoms with van der Waals surface area (Å²) in [5, 5.41) is 0.979. The smallest absolute Gasteiger partial charge is 0.426 e. The number of cyclic esters (lactones) is 1. The van der Waals surface area contributed by atoms with Crippen LogP contribution < -0.4 is 5.43 Å². The van der Waals surface area contributed by atoms with Crippen LogP contribution in [0.4, 0.5) is 14.4 Å². The van der Waals surface area contributed by atoms with E-state index in [-0.39, 0.29) is 13.2 Å². The number of carbonyl (C=O) groups excluding carboxylic acids is 3. The third kappa shape index (κ3) is 6.26. The third-order valence-corrected chi connectivity index (χ3v) is 3.27. The molecule has 136 valence electrons. The number of alkyl halides is 3. The van der Waals surface area contributed by atoms with E-state index in [4.69, 9.17) is 44.3 Å². The number of imide groups is 1. The minimum atomic E-state index is -1.78. The third-order valence-electron chi connectivity index (χ3n) is 2.94. The summed E-state index contributed by atoms with van der Waals surface area (Å²) in [4.78, 5) is 36.9. The molecular formula is C13H18Cl3N3O5. The summed E-state index contributed by atoms with van der Waals surface area (Å²) in [6.45, 7) is 3.25. The van der Waals surface area contributed by atoms with Gasteiger partial charge in [0.1, 0.15) is 13.2 Å². The molecule has 0 radical (unpaired) electrons. The molecule has 8 nitrogen and oxygen atoms in total. The highest BCUT2D eigenvalue weighted by Crippen LogP contribution is 2.25. The van der Waals surface area contributed by atoms with Crippen LogP contribution in [0.2, 0.25) is 0 Å². The van der Waals surface area contributed by atoms with E-state index in [9.17, 15) is 14.4 Å². The first-order chi connectivity index (χ1) is 11.2. The van der Waals surface area contributed by atoms with Crippen molar-refractivity contribution in [2.75, 3.05) is 19.8 Å². The molecule has 1 saturated heterocycles. The topological polar surface area (TPSA) is 88.2 Å². The van der Waals surface area contributed by atoms with E-state index in [1.807, 2.05) is 6.92 Å². The van der Waals surface area contributed by atoms with Gasteiger partial charge in [-0.05, 0) is 13.3 Å². The summed E-state index contributed by atoms with van der Waals surface area (Å²) in [7, 11) is 0. The first kappa shape index (κ1) is 20.7. The number of hydrogen-bond donors (Lipinski definition) is 1. The van der Waals surface area contributed by atoms with Crippen LogP contribution in [-0.2, 0) is 9.47 Å². The van der Waals surface area contributed by atoms with Crippen molar-refractivity contribution in [1.29, 1.82) is 0 Å². The Bertz CT molecular complexity index is 510. The number of amides is 4. The number of rotatable bonds is 4. The van der Waals surface area contributed by atoms with E-state index in [0.29, 0.717) is 6.42 Å². The van der Waals surface area contributed by atoms with Gasteiger partial charge in [0.2, 0.25) is 3.79 Å². The Labute approximate surface area is 154 Å². The molecule has 11 heteroatoms. The van der Waals surface area contributed by atoms with Crippen molar-refractivity contribution in [3.63, 3.8) is 0 Å².